The Morgan fingerprint density at radius 3 is 1.92 bits per heavy atom. The molecule has 7 saturated heterocycles. The molecule has 2 atom stereocenters. The van der Waals surface area contributed by atoms with E-state index in [1.54, 1.807) is 6.20 Å². The second-order valence-electron chi connectivity index (χ2n) is 14.1. The molecule has 0 radical (unpaired) electrons. The summed E-state index contributed by atoms with van der Waals surface area (Å²) in [5.41, 5.74) is 8.61. The van der Waals surface area contributed by atoms with Gasteiger partial charge in [0.2, 0.25) is 0 Å². The number of aliphatic imine (C=N–C) groups is 1. The molecule has 0 aliphatic carbocycles. The van der Waals surface area contributed by atoms with Crippen LogP contribution in [0, 0.1) is 11.8 Å². The molecule has 2 aromatic carbocycles. The van der Waals surface area contributed by atoms with Crippen molar-refractivity contribution in [2.45, 2.75) is 49.7 Å². The topological polar surface area (TPSA) is 113 Å². The minimum atomic E-state index is -0.0975. The molecule has 14 heteroatoms. The Bertz CT molecular complexity index is 1890. The minimum absolute atomic E-state index is 0. The van der Waals surface area contributed by atoms with E-state index in [1.165, 1.54) is 51.9 Å². The Labute approximate surface area is 316 Å². The number of halogens is 4. The third-order valence-corrected chi connectivity index (χ3v) is 11.8. The van der Waals surface area contributed by atoms with Crippen molar-refractivity contribution in [3.63, 3.8) is 0 Å². The number of hydroxylamine groups is 1. The second-order valence-corrected chi connectivity index (χ2v) is 15.7. The lowest BCUT2D eigenvalue weighted by Crippen LogP contribution is -2.59. The van der Waals surface area contributed by atoms with Gasteiger partial charge in [-0.15, -0.1) is 12.4 Å². The lowest BCUT2D eigenvalue weighted by molar-refractivity contribution is -0.150. The van der Waals surface area contributed by atoms with E-state index in [4.69, 9.17) is 38.6 Å². The fourth-order valence-corrected chi connectivity index (χ4v) is 9.06. The highest BCUT2D eigenvalue weighted by atomic mass is 79.9. The molecule has 264 valence electrons. The molecule has 0 unspecified atom stereocenters. The van der Waals surface area contributed by atoms with E-state index in [0.717, 1.165) is 68.0 Å². The van der Waals surface area contributed by atoms with Gasteiger partial charge >= 0.3 is 0 Å². The maximum Gasteiger partial charge on any atom is 0.160 e. The van der Waals surface area contributed by atoms with Crippen molar-refractivity contribution in [2.75, 3.05) is 39.3 Å². The van der Waals surface area contributed by atoms with Gasteiger partial charge in [0.25, 0.3) is 0 Å². The lowest BCUT2D eigenvalue weighted by atomic mass is 9.74. The molecule has 7 fully saturated rings. The first-order valence-electron chi connectivity index (χ1n) is 17.0. The SMILES string of the molecule is Cl.Clc1ccc2cc(Br)ncc2c1.Clc1ccc2cc(N=C3C[C@@]4(CN5CCC4CC5)ON3)ncc2c1.NC1=NO[C@@]2(C1)CN1CCC2CC1. The van der Waals surface area contributed by atoms with Gasteiger partial charge in [0.15, 0.2) is 11.4 Å². The highest BCUT2D eigenvalue weighted by Crippen LogP contribution is 2.43. The van der Waals surface area contributed by atoms with Crippen LogP contribution in [0.4, 0.5) is 5.82 Å². The lowest BCUT2D eigenvalue weighted by Gasteiger charge is -2.49. The van der Waals surface area contributed by atoms with Crippen LogP contribution < -0.4 is 11.2 Å². The van der Waals surface area contributed by atoms with Gasteiger partial charge in [-0.2, -0.15) is 0 Å². The highest BCUT2D eigenvalue weighted by molar-refractivity contribution is 9.10. The van der Waals surface area contributed by atoms with Gasteiger partial charge in [-0.1, -0.05) is 40.5 Å². The summed E-state index contributed by atoms with van der Waals surface area (Å²) in [4.78, 5) is 29.8. The predicted octanol–water partition coefficient (Wildman–Crippen LogP) is 7.52. The predicted molar refractivity (Wildman–Crippen MR) is 206 cm³/mol. The van der Waals surface area contributed by atoms with Crippen molar-refractivity contribution in [3.05, 3.63) is 75.6 Å². The zero-order valence-electron chi connectivity index (χ0n) is 27.5. The third-order valence-electron chi connectivity index (χ3n) is 10.9. The number of nitrogens with two attached hydrogens (primary N) is 1. The summed E-state index contributed by atoms with van der Waals surface area (Å²) in [7, 11) is 0. The molecule has 4 aromatic rings. The normalized spacial score (nSPS) is 31.0. The smallest absolute Gasteiger partial charge is 0.160 e. The molecule has 0 amide bonds. The van der Waals surface area contributed by atoms with Crippen molar-refractivity contribution in [1.82, 2.24) is 25.2 Å². The van der Waals surface area contributed by atoms with Crippen molar-refractivity contribution in [1.29, 1.82) is 0 Å². The Kier molecular flexibility index (Phi) is 10.5. The van der Waals surface area contributed by atoms with Gasteiger partial charge in [0.05, 0.1) is 6.42 Å². The number of oxime groups is 1. The third kappa shape index (κ3) is 7.42. The molecule has 3 N–H and O–H groups in total. The first-order chi connectivity index (χ1) is 23.7. The summed E-state index contributed by atoms with van der Waals surface area (Å²) in [5.74, 6) is 3.57. The molecule has 2 spiro atoms. The van der Waals surface area contributed by atoms with Crippen molar-refractivity contribution < 1.29 is 9.68 Å². The Hall–Kier alpha value is -2.77. The number of nitrogens with one attached hydrogen (secondary N) is 1. The molecule has 12 rings (SSSR count). The number of pyridine rings is 2. The van der Waals surface area contributed by atoms with E-state index >= 15 is 0 Å². The number of piperidine rings is 6. The van der Waals surface area contributed by atoms with Crippen LogP contribution in [0.1, 0.15) is 38.5 Å². The summed E-state index contributed by atoms with van der Waals surface area (Å²) in [5, 5.41) is 9.68. The molecule has 4 bridgehead atoms. The quantitative estimate of drug-likeness (QED) is 0.190. The van der Waals surface area contributed by atoms with Crippen LogP contribution >= 0.6 is 51.5 Å². The Balaban J connectivity index is 0.000000128. The molecule has 0 saturated carbocycles. The highest BCUT2D eigenvalue weighted by Gasteiger charge is 2.53. The Morgan fingerprint density at radius 2 is 1.36 bits per heavy atom. The van der Waals surface area contributed by atoms with Gasteiger partial charge < -0.3 is 15.5 Å². The summed E-state index contributed by atoms with van der Waals surface area (Å²) >= 11 is 15.1. The summed E-state index contributed by atoms with van der Waals surface area (Å²) in [6, 6.07) is 15.5. The molecule has 50 heavy (non-hydrogen) atoms. The number of amidine groups is 2. The minimum Gasteiger partial charge on any atom is -0.386 e. The molecule has 10 heterocycles. The number of nitrogens with zero attached hydrogens (tertiary/aromatic N) is 6. The fourth-order valence-electron chi connectivity index (χ4n) is 8.35. The van der Waals surface area contributed by atoms with E-state index in [1.807, 2.05) is 54.7 Å². The van der Waals surface area contributed by atoms with Crippen LogP contribution in [0.25, 0.3) is 21.5 Å². The monoisotopic (exact) mass is 800 g/mol. The average Bonchev–Trinajstić information content (AvgIpc) is 3.68. The van der Waals surface area contributed by atoms with Gasteiger partial charge in [-0.3, -0.25) is 15.2 Å². The number of hydrogen-bond acceptors (Lipinski definition) is 9. The molecule has 8 aliphatic rings. The molecular formula is C36H40BrCl3N8O2. The first kappa shape index (κ1) is 35.6. The van der Waals surface area contributed by atoms with Crippen molar-refractivity contribution in [2.24, 2.45) is 27.7 Å². The van der Waals surface area contributed by atoms with Crippen LogP contribution in [-0.2, 0) is 9.68 Å². The van der Waals surface area contributed by atoms with Gasteiger partial charge in [0.1, 0.15) is 21.9 Å². The average molecular weight is 803 g/mol. The van der Waals surface area contributed by atoms with Crippen LogP contribution in [-0.4, -0.2) is 81.9 Å². The zero-order valence-corrected chi connectivity index (χ0v) is 31.4. The first-order valence-corrected chi connectivity index (χ1v) is 18.5. The second kappa shape index (κ2) is 14.7. The van der Waals surface area contributed by atoms with Crippen molar-refractivity contribution in [3.8, 4) is 0 Å². The number of fused-ring (bicyclic) bond motifs is 6. The standard InChI is InChI=1S/C18H19ClN4O.C9H5BrClN.C9H15N3O.ClH/c19-15-2-1-12-8-16(20-10-13(12)7-15)21-17-9-18(24-22-17)11-23-5-3-14(18)4-6-23;10-9-4-6-1-2-8(11)3-7(6)5-12-9;10-8-5-9(13-11-8)6-12-3-1-7(9)2-4-12;/h1-2,7-8,10,14H,3-6,9,11H2,(H,20,21,22);1-5H;7H,1-6H2,(H2,10,11);1H/t18-;;9-;/m0.0./s1. The summed E-state index contributed by atoms with van der Waals surface area (Å²) in [6.45, 7) is 6.91. The van der Waals surface area contributed by atoms with Crippen LogP contribution in [0.5, 0.6) is 0 Å². The molecule has 10 nitrogen and oxygen atoms in total. The van der Waals surface area contributed by atoms with Crippen LogP contribution in [0.3, 0.4) is 0 Å². The van der Waals surface area contributed by atoms with Crippen LogP contribution in [0.15, 0.2) is 75.7 Å². The molecular weight excluding hydrogens is 763 g/mol. The van der Waals surface area contributed by atoms with Crippen LogP contribution in [0.2, 0.25) is 10.0 Å². The van der Waals surface area contributed by atoms with E-state index in [0.29, 0.717) is 23.5 Å². The summed E-state index contributed by atoms with van der Waals surface area (Å²) in [6.07, 6.45) is 10.3. The van der Waals surface area contributed by atoms with E-state index in [2.05, 4.69) is 51.3 Å². The Morgan fingerprint density at radius 1 is 0.780 bits per heavy atom. The molecule has 8 aliphatic heterocycles. The number of aromatic nitrogens is 2. The van der Waals surface area contributed by atoms with Gasteiger partial charge in [0, 0.05) is 58.6 Å². The van der Waals surface area contributed by atoms with Gasteiger partial charge in [-0.05, 0) is 121 Å². The molecule has 2 aromatic heterocycles. The largest absolute Gasteiger partial charge is 0.386 e. The van der Waals surface area contributed by atoms with E-state index in [-0.39, 0.29) is 23.6 Å². The van der Waals surface area contributed by atoms with Crippen molar-refractivity contribution >= 4 is 90.6 Å². The number of hydrogen-bond donors (Lipinski definition) is 2. The maximum atomic E-state index is 6.04. The van der Waals surface area contributed by atoms with E-state index < -0.39 is 0 Å². The zero-order chi connectivity index (χ0) is 33.6. The number of rotatable bonds is 1. The van der Waals surface area contributed by atoms with Gasteiger partial charge in [-0.25, -0.2) is 15.0 Å². The fraction of sp³-hybridized carbons (Fsp3) is 0.444. The van der Waals surface area contributed by atoms with E-state index in [9.17, 15) is 0 Å². The maximum absolute atomic E-state index is 6.04. The summed E-state index contributed by atoms with van der Waals surface area (Å²) < 4.78 is 0.845. The number of benzene rings is 2.